The molecule has 1 heterocycles. The Morgan fingerprint density at radius 2 is 1.85 bits per heavy atom. The van der Waals surface area contributed by atoms with Gasteiger partial charge in [0.05, 0.1) is 18.9 Å². The minimum absolute atomic E-state index is 0.173. The van der Waals surface area contributed by atoms with Crippen LogP contribution in [0.4, 0.5) is 4.39 Å². The van der Waals surface area contributed by atoms with Crippen molar-refractivity contribution in [1.29, 1.82) is 0 Å². The highest BCUT2D eigenvalue weighted by atomic mass is 35.5. The second kappa shape index (κ2) is 10.1. The van der Waals surface area contributed by atoms with Crippen LogP contribution in [0.1, 0.15) is 33.9 Å². The van der Waals surface area contributed by atoms with Crippen molar-refractivity contribution in [3.8, 4) is 5.75 Å². The number of methoxy groups -OCH3 is 1. The van der Waals surface area contributed by atoms with E-state index in [2.05, 4.69) is 5.10 Å². The van der Waals surface area contributed by atoms with Crippen LogP contribution in [0.25, 0.3) is 0 Å². The summed E-state index contributed by atoms with van der Waals surface area (Å²) in [4.78, 5) is 27.3. The number of hydrazone groups is 1. The fraction of sp³-hybridized carbons (Fsp3) is 0.192. The second-order valence-corrected chi connectivity index (χ2v) is 8.40. The van der Waals surface area contributed by atoms with E-state index in [1.807, 2.05) is 36.4 Å². The zero-order valence-electron chi connectivity index (χ0n) is 18.7. The molecule has 0 spiro atoms. The van der Waals surface area contributed by atoms with Crippen LogP contribution in [0.5, 0.6) is 5.75 Å². The lowest BCUT2D eigenvalue weighted by Crippen LogP contribution is -2.39. The molecule has 3 aromatic rings. The number of ether oxygens (including phenoxy) is 1. The van der Waals surface area contributed by atoms with Gasteiger partial charge in [-0.15, -0.1) is 0 Å². The molecule has 0 aliphatic carbocycles. The van der Waals surface area contributed by atoms with E-state index in [1.54, 1.807) is 19.2 Å². The van der Waals surface area contributed by atoms with E-state index in [1.165, 1.54) is 35.2 Å². The Hall–Kier alpha value is -3.71. The van der Waals surface area contributed by atoms with E-state index in [0.717, 1.165) is 22.9 Å². The molecule has 1 atom stereocenters. The molecule has 174 valence electrons. The van der Waals surface area contributed by atoms with Gasteiger partial charge < -0.3 is 9.64 Å². The third-order valence-corrected chi connectivity index (χ3v) is 5.87. The second-order valence-electron chi connectivity index (χ2n) is 7.96. The standard InChI is InChI=1S/C26H23ClFN3O3/c1-30(26(33)19-6-3-7-21(28)13-19)16-25(32)31-24(17-9-11-20(27)12-10-17)15-23(29-31)18-5-4-8-22(14-18)34-2/h3-14,24H,15-16H2,1-2H3/t24-/m0/s1. The maximum absolute atomic E-state index is 13.5. The van der Waals surface area contributed by atoms with Crippen LogP contribution in [0, 0.1) is 5.82 Å². The van der Waals surface area contributed by atoms with Gasteiger partial charge in [0.2, 0.25) is 0 Å². The Bertz CT molecular complexity index is 1250. The number of amides is 2. The smallest absolute Gasteiger partial charge is 0.262 e. The molecular weight excluding hydrogens is 457 g/mol. The number of carbonyl (C=O) groups excluding carboxylic acids is 2. The van der Waals surface area contributed by atoms with E-state index in [0.29, 0.717) is 17.2 Å². The van der Waals surface area contributed by atoms with Crippen LogP contribution < -0.4 is 4.74 Å². The van der Waals surface area contributed by atoms with Crippen LogP contribution >= 0.6 is 11.6 Å². The number of hydrogen-bond donors (Lipinski definition) is 0. The number of hydrogen-bond acceptors (Lipinski definition) is 4. The summed E-state index contributed by atoms with van der Waals surface area (Å²) in [6, 6.07) is 19.8. The summed E-state index contributed by atoms with van der Waals surface area (Å²) in [7, 11) is 3.10. The molecule has 0 fully saturated rings. The van der Waals surface area contributed by atoms with Gasteiger partial charge in [0.25, 0.3) is 11.8 Å². The zero-order valence-corrected chi connectivity index (χ0v) is 19.5. The molecule has 34 heavy (non-hydrogen) atoms. The Morgan fingerprint density at radius 3 is 2.56 bits per heavy atom. The van der Waals surface area contributed by atoms with E-state index in [4.69, 9.17) is 16.3 Å². The molecule has 0 aromatic heterocycles. The summed E-state index contributed by atoms with van der Waals surface area (Å²) in [5.41, 5.74) is 2.62. The Kier molecular flexibility index (Phi) is 6.93. The Morgan fingerprint density at radius 1 is 1.12 bits per heavy atom. The minimum Gasteiger partial charge on any atom is -0.497 e. The summed E-state index contributed by atoms with van der Waals surface area (Å²) < 4.78 is 18.9. The first-order chi connectivity index (χ1) is 16.4. The number of benzene rings is 3. The molecule has 3 aromatic carbocycles. The van der Waals surface area contributed by atoms with Crippen molar-refractivity contribution in [3.63, 3.8) is 0 Å². The molecule has 0 saturated heterocycles. The third-order valence-electron chi connectivity index (χ3n) is 5.61. The first kappa shape index (κ1) is 23.4. The molecule has 8 heteroatoms. The molecule has 6 nitrogen and oxygen atoms in total. The molecule has 2 amide bonds. The van der Waals surface area contributed by atoms with E-state index < -0.39 is 11.7 Å². The van der Waals surface area contributed by atoms with E-state index in [-0.39, 0.29) is 24.1 Å². The SMILES string of the molecule is COc1cccc(C2=NN(C(=O)CN(C)C(=O)c3cccc(F)c3)[C@H](c3ccc(Cl)cc3)C2)c1. The molecule has 1 aliphatic rings. The molecule has 0 radical (unpaired) electrons. The van der Waals surface area contributed by atoms with Crippen molar-refractivity contribution < 1.29 is 18.7 Å². The van der Waals surface area contributed by atoms with Gasteiger partial charge in [-0.2, -0.15) is 5.10 Å². The number of likely N-dealkylation sites (N-methyl/N-ethyl adjacent to an activating group) is 1. The summed E-state index contributed by atoms with van der Waals surface area (Å²) in [5.74, 6) is -0.633. The average molecular weight is 480 g/mol. The fourth-order valence-electron chi connectivity index (χ4n) is 3.85. The lowest BCUT2D eigenvalue weighted by molar-refractivity contribution is -0.133. The third kappa shape index (κ3) is 5.10. The van der Waals surface area contributed by atoms with Crippen LogP contribution in [0.3, 0.4) is 0 Å². The van der Waals surface area contributed by atoms with Gasteiger partial charge >= 0.3 is 0 Å². The van der Waals surface area contributed by atoms with Crippen LogP contribution in [-0.4, -0.2) is 48.1 Å². The quantitative estimate of drug-likeness (QED) is 0.503. The average Bonchev–Trinajstić information content (AvgIpc) is 3.30. The maximum Gasteiger partial charge on any atom is 0.262 e. The molecular formula is C26H23ClFN3O3. The monoisotopic (exact) mass is 479 g/mol. The van der Waals surface area contributed by atoms with Crippen LogP contribution in [-0.2, 0) is 4.79 Å². The van der Waals surface area contributed by atoms with Crippen molar-refractivity contribution in [2.75, 3.05) is 20.7 Å². The molecule has 0 unspecified atom stereocenters. The van der Waals surface area contributed by atoms with Crippen LogP contribution in [0.15, 0.2) is 77.9 Å². The Balaban J connectivity index is 1.60. The molecule has 0 saturated carbocycles. The minimum atomic E-state index is -0.513. The van der Waals surface area contributed by atoms with Gasteiger partial charge in [0.15, 0.2) is 0 Å². The summed E-state index contributed by atoms with van der Waals surface area (Å²) >= 11 is 6.05. The highest BCUT2D eigenvalue weighted by Crippen LogP contribution is 2.34. The lowest BCUT2D eigenvalue weighted by Gasteiger charge is -2.25. The predicted octanol–water partition coefficient (Wildman–Crippen LogP) is 4.94. The highest BCUT2D eigenvalue weighted by Gasteiger charge is 2.34. The predicted molar refractivity (Wildman–Crippen MR) is 129 cm³/mol. The van der Waals surface area contributed by atoms with Gasteiger partial charge in [-0.05, 0) is 48.0 Å². The van der Waals surface area contributed by atoms with Crippen molar-refractivity contribution in [2.45, 2.75) is 12.5 Å². The topological polar surface area (TPSA) is 62.2 Å². The highest BCUT2D eigenvalue weighted by molar-refractivity contribution is 6.30. The zero-order chi connectivity index (χ0) is 24.2. The Labute approximate surface area is 202 Å². The van der Waals surface area contributed by atoms with Gasteiger partial charge in [0.1, 0.15) is 18.1 Å². The molecule has 4 rings (SSSR count). The number of halogens is 2. The van der Waals surface area contributed by atoms with Crippen molar-refractivity contribution in [2.24, 2.45) is 5.10 Å². The summed E-state index contributed by atoms with van der Waals surface area (Å²) in [5, 5.41) is 6.63. The van der Waals surface area contributed by atoms with Crippen molar-refractivity contribution in [3.05, 3.63) is 100 Å². The number of carbonyl (C=O) groups is 2. The normalized spacial score (nSPS) is 15.1. The van der Waals surface area contributed by atoms with Crippen molar-refractivity contribution >= 4 is 29.1 Å². The molecule has 1 aliphatic heterocycles. The maximum atomic E-state index is 13.5. The van der Waals surface area contributed by atoms with E-state index in [9.17, 15) is 14.0 Å². The largest absolute Gasteiger partial charge is 0.497 e. The first-order valence-corrected chi connectivity index (χ1v) is 11.0. The first-order valence-electron chi connectivity index (χ1n) is 10.7. The number of nitrogens with zero attached hydrogens (tertiary/aromatic N) is 3. The van der Waals surface area contributed by atoms with Gasteiger partial charge in [-0.3, -0.25) is 9.59 Å². The van der Waals surface area contributed by atoms with Gasteiger partial charge in [0, 0.05) is 29.6 Å². The van der Waals surface area contributed by atoms with Crippen molar-refractivity contribution in [1.82, 2.24) is 9.91 Å². The van der Waals surface area contributed by atoms with Gasteiger partial charge in [-0.25, -0.2) is 9.40 Å². The van der Waals surface area contributed by atoms with E-state index >= 15 is 0 Å². The lowest BCUT2D eigenvalue weighted by atomic mass is 9.98. The summed E-state index contributed by atoms with van der Waals surface area (Å²) in [6.45, 7) is -0.214. The summed E-state index contributed by atoms with van der Waals surface area (Å²) in [6.07, 6.45) is 0.488. The van der Waals surface area contributed by atoms with Crippen LogP contribution in [0.2, 0.25) is 5.02 Å². The number of rotatable bonds is 6. The molecule has 0 bridgehead atoms. The van der Waals surface area contributed by atoms with Gasteiger partial charge in [-0.1, -0.05) is 41.9 Å². The molecule has 0 N–H and O–H groups in total. The fourth-order valence-corrected chi connectivity index (χ4v) is 3.98.